The second kappa shape index (κ2) is 7.86. The number of sulfonamides is 1. The van der Waals surface area contributed by atoms with E-state index in [0.29, 0.717) is 12.1 Å². The van der Waals surface area contributed by atoms with Crippen LogP contribution in [0.1, 0.15) is 12.0 Å². The highest BCUT2D eigenvalue weighted by atomic mass is 32.2. The van der Waals surface area contributed by atoms with E-state index in [0.717, 1.165) is 39.3 Å². The number of rotatable bonds is 7. The van der Waals surface area contributed by atoms with Crippen molar-refractivity contribution in [2.45, 2.75) is 17.9 Å². The van der Waals surface area contributed by atoms with Crippen LogP contribution < -0.4 is 4.72 Å². The quantitative estimate of drug-likeness (QED) is 0.702. The average molecular weight is 314 g/mol. The maximum absolute atomic E-state index is 12.1. The minimum atomic E-state index is -3.46. The van der Waals surface area contributed by atoms with Gasteiger partial charge in [-0.15, -0.1) is 0 Å². The van der Waals surface area contributed by atoms with Crippen LogP contribution in [0.4, 0.5) is 0 Å². The van der Waals surface area contributed by atoms with Crippen LogP contribution in [0.3, 0.4) is 0 Å². The van der Waals surface area contributed by atoms with Gasteiger partial charge in [0.2, 0.25) is 10.0 Å². The highest BCUT2D eigenvalue weighted by molar-refractivity contribution is 7.89. The second-order valence-electron chi connectivity index (χ2n) is 5.01. The number of benzene rings is 1. The van der Waals surface area contributed by atoms with Crippen LogP contribution in [0, 0.1) is 0 Å². The highest BCUT2D eigenvalue weighted by Gasteiger charge is 2.14. The van der Waals surface area contributed by atoms with E-state index in [1.807, 2.05) is 0 Å². The molecule has 2 N–H and O–H groups in total. The van der Waals surface area contributed by atoms with Gasteiger partial charge in [-0.05, 0) is 30.7 Å². The van der Waals surface area contributed by atoms with Gasteiger partial charge in [-0.3, -0.25) is 4.90 Å². The lowest BCUT2D eigenvalue weighted by molar-refractivity contribution is 0.0376. The fourth-order valence-electron chi connectivity index (χ4n) is 2.19. The molecule has 1 aliphatic rings. The second-order valence-corrected chi connectivity index (χ2v) is 6.77. The van der Waals surface area contributed by atoms with Crippen LogP contribution in [0.2, 0.25) is 0 Å². The molecule has 0 bridgehead atoms. The summed E-state index contributed by atoms with van der Waals surface area (Å²) in [6, 6.07) is 6.25. The van der Waals surface area contributed by atoms with Gasteiger partial charge in [-0.1, -0.05) is 12.1 Å². The Labute approximate surface area is 125 Å². The number of aliphatic hydroxyl groups is 1. The summed E-state index contributed by atoms with van der Waals surface area (Å²) >= 11 is 0. The van der Waals surface area contributed by atoms with Crippen LogP contribution in [0.5, 0.6) is 0 Å². The molecular formula is C14H22N2O4S. The molecule has 1 heterocycles. The normalized spacial score (nSPS) is 17.0. The molecule has 1 aromatic carbocycles. The SMILES string of the molecule is O=S(=O)(NCCCN1CCOCC1)c1ccc(CO)cc1. The number of nitrogens with one attached hydrogen (secondary N) is 1. The molecule has 0 amide bonds. The zero-order chi connectivity index (χ0) is 15.1. The van der Waals surface area contributed by atoms with Crippen molar-refractivity contribution in [1.29, 1.82) is 0 Å². The number of morpholine rings is 1. The predicted octanol–water partition coefficient (Wildman–Crippen LogP) is 0.180. The van der Waals surface area contributed by atoms with E-state index in [1.54, 1.807) is 12.1 Å². The molecule has 1 fully saturated rings. The molecule has 1 aromatic rings. The lowest BCUT2D eigenvalue weighted by Gasteiger charge is -2.26. The summed E-state index contributed by atoms with van der Waals surface area (Å²) in [5.74, 6) is 0. The summed E-state index contributed by atoms with van der Waals surface area (Å²) in [5.41, 5.74) is 0.696. The van der Waals surface area contributed by atoms with E-state index in [9.17, 15) is 8.42 Å². The molecule has 1 saturated heterocycles. The monoisotopic (exact) mass is 314 g/mol. The van der Waals surface area contributed by atoms with Crippen molar-refractivity contribution in [3.05, 3.63) is 29.8 Å². The Hall–Kier alpha value is -0.990. The van der Waals surface area contributed by atoms with Gasteiger partial charge in [0.25, 0.3) is 0 Å². The summed E-state index contributed by atoms with van der Waals surface area (Å²) < 4.78 is 32.0. The number of hydrogen-bond donors (Lipinski definition) is 2. The fourth-order valence-corrected chi connectivity index (χ4v) is 3.27. The summed E-state index contributed by atoms with van der Waals surface area (Å²) in [4.78, 5) is 2.50. The van der Waals surface area contributed by atoms with Gasteiger partial charge in [0.15, 0.2) is 0 Å². The third-order valence-electron chi connectivity index (χ3n) is 3.46. The molecule has 7 heteroatoms. The van der Waals surface area contributed by atoms with Crippen molar-refractivity contribution in [2.24, 2.45) is 0 Å². The Morgan fingerprint density at radius 3 is 2.48 bits per heavy atom. The highest BCUT2D eigenvalue weighted by Crippen LogP contribution is 2.10. The molecular weight excluding hydrogens is 292 g/mol. The Kier molecular flexibility index (Phi) is 6.13. The largest absolute Gasteiger partial charge is 0.392 e. The van der Waals surface area contributed by atoms with Crippen LogP contribution in [-0.2, 0) is 21.4 Å². The van der Waals surface area contributed by atoms with Gasteiger partial charge in [0.1, 0.15) is 0 Å². The molecule has 0 radical (unpaired) electrons. The first kappa shape index (κ1) is 16.4. The summed E-state index contributed by atoms with van der Waals surface area (Å²) in [6.45, 7) is 4.53. The van der Waals surface area contributed by atoms with Crippen LogP contribution >= 0.6 is 0 Å². The Balaban J connectivity index is 1.77. The van der Waals surface area contributed by atoms with Gasteiger partial charge in [0.05, 0.1) is 24.7 Å². The van der Waals surface area contributed by atoms with Gasteiger partial charge < -0.3 is 9.84 Å². The lowest BCUT2D eigenvalue weighted by atomic mass is 10.2. The Morgan fingerprint density at radius 1 is 1.19 bits per heavy atom. The topological polar surface area (TPSA) is 78.9 Å². The molecule has 1 aliphatic heterocycles. The predicted molar refractivity (Wildman–Crippen MR) is 79.4 cm³/mol. The molecule has 0 atom stereocenters. The van der Waals surface area contributed by atoms with E-state index >= 15 is 0 Å². The molecule has 0 aliphatic carbocycles. The molecule has 0 aromatic heterocycles. The third kappa shape index (κ3) is 5.05. The van der Waals surface area contributed by atoms with Crippen molar-refractivity contribution in [3.63, 3.8) is 0 Å². The number of hydrogen-bond acceptors (Lipinski definition) is 5. The molecule has 2 rings (SSSR count). The first-order chi connectivity index (χ1) is 10.1. The Morgan fingerprint density at radius 2 is 1.86 bits per heavy atom. The minimum absolute atomic E-state index is 0.0900. The first-order valence-corrected chi connectivity index (χ1v) is 8.60. The minimum Gasteiger partial charge on any atom is -0.392 e. The van der Waals surface area contributed by atoms with Crippen molar-refractivity contribution in [2.75, 3.05) is 39.4 Å². The number of ether oxygens (including phenoxy) is 1. The van der Waals surface area contributed by atoms with Gasteiger partial charge >= 0.3 is 0 Å². The van der Waals surface area contributed by atoms with Gasteiger partial charge in [-0.2, -0.15) is 0 Å². The van der Waals surface area contributed by atoms with Crippen molar-refractivity contribution in [1.82, 2.24) is 9.62 Å². The fraction of sp³-hybridized carbons (Fsp3) is 0.571. The molecule has 0 saturated carbocycles. The molecule has 118 valence electrons. The molecule has 0 unspecified atom stereocenters. The standard InChI is InChI=1S/C14H22N2O4S/c17-12-13-2-4-14(5-3-13)21(18,19)15-6-1-7-16-8-10-20-11-9-16/h2-5,15,17H,1,6-12H2. The summed E-state index contributed by atoms with van der Waals surface area (Å²) in [5, 5.41) is 8.95. The van der Waals surface area contributed by atoms with Crippen LogP contribution in [0.25, 0.3) is 0 Å². The zero-order valence-corrected chi connectivity index (χ0v) is 12.8. The number of nitrogens with zero attached hydrogens (tertiary/aromatic N) is 1. The third-order valence-corrected chi connectivity index (χ3v) is 4.94. The number of aliphatic hydroxyl groups excluding tert-OH is 1. The summed E-state index contributed by atoms with van der Waals surface area (Å²) in [7, 11) is -3.46. The average Bonchev–Trinajstić information content (AvgIpc) is 2.53. The molecule has 0 spiro atoms. The lowest BCUT2D eigenvalue weighted by Crippen LogP contribution is -2.38. The van der Waals surface area contributed by atoms with E-state index in [-0.39, 0.29) is 11.5 Å². The maximum atomic E-state index is 12.1. The maximum Gasteiger partial charge on any atom is 0.240 e. The smallest absolute Gasteiger partial charge is 0.240 e. The van der Waals surface area contributed by atoms with E-state index < -0.39 is 10.0 Å². The Bertz CT molecular complexity index is 524. The summed E-state index contributed by atoms with van der Waals surface area (Å²) in [6.07, 6.45) is 0.772. The van der Waals surface area contributed by atoms with Gasteiger partial charge in [-0.25, -0.2) is 13.1 Å². The molecule has 6 nitrogen and oxygen atoms in total. The van der Waals surface area contributed by atoms with E-state index in [2.05, 4.69) is 9.62 Å². The van der Waals surface area contributed by atoms with Crippen LogP contribution in [-0.4, -0.2) is 57.8 Å². The van der Waals surface area contributed by atoms with E-state index in [4.69, 9.17) is 9.84 Å². The van der Waals surface area contributed by atoms with Crippen molar-refractivity contribution in [3.8, 4) is 0 Å². The first-order valence-electron chi connectivity index (χ1n) is 7.11. The molecule has 21 heavy (non-hydrogen) atoms. The zero-order valence-electron chi connectivity index (χ0n) is 12.0. The van der Waals surface area contributed by atoms with Gasteiger partial charge in [0, 0.05) is 19.6 Å². The van der Waals surface area contributed by atoms with Crippen molar-refractivity contribution < 1.29 is 18.3 Å². The van der Waals surface area contributed by atoms with Crippen molar-refractivity contribution >= 4 is 10.0 Å². The van der Waals surface area contributed by atoms with E-state index in [1.165, 1.54) is 12.1 Å². The van der Waals surface area contributed by atoms with Crippen LogP contribution in [0.15, 0.2) is 29.2 Å².